The van der Waals surface area contributed by atoms with E-state index in [9.17, 15) is 9.59 Å². The van der Waals surface area contributed by atoms with Gasteiger partial charge in [0, 0.05) is 17.4 Å². The number of ether oxygens (including phenoxy) is 1. The molecule has 6 nitrogen and oxygen atoms in total. The fraction of sp³-hybridized carbons (Fsp3) is 0.250. The highest BCUT2D eigenvalue weighted by molar-refractivity contribution is 9.10. The first kappa shape index (κ1) is 20.4. The Kier molecular flexibility index (Phi) is 6.74. The van der Waals surface area contributed by atoms with Crippen molar-refractivity contribution >= 4 is 56.0 Å². The normalized spacial score (nSPS) is 18.2. The first-order valence-electron chi connectivity index (χ1n) is 8.77. The third-order valence-electron chi connectivity index (χ3n) is 4.16. The molecule has 2 amide bonds. The Morgan fingerprint density at radius 1 is 1.29 bits per heavy atom. The molecule has 146 valence electrons. The van der Waals surface area contributed by atoms with E-state index in [1.807, 2.05) is 43.3 Å². The molecule has 0 spiro atoms. The lowest BCUT2D eigenvalue weighted by Crippen LogP contribution is -2.45. The van der Waals surface area contributed by atoms with Gasteiger partial charge >= 0.3 is 0 Å². The van der Waals surface area contributed by atoms with Gasteiger partial charge in [0.25, 0.3) is 0 Å². The number of amidine groups is 1. The Morgan fingerprint density at radius 3 is 2.68 bits per heavy atom. The van der Waals surface area contributed by atoms with E-state index in [2.05, 4.69) is 26.2 Å². The molecule has 1 atom stereocenters. The molecule has 0 bridgehead atoms. The molecule has 2 aromatic carbocycles. The second kappa shape index (κ2) is 9.25. The van der Waals surface area contributed by atoms with Gasteiger partial charge in [0.2, 0.25) is 11.8 Å². The lowest BCUT2D eigenvalue weighted by molar-refractivity contribution is -0.129. The summed E-state index contributed by atoms with van der Waals surface area (Å²) in [5.74, 6) is 0.210. The van der Waals surface area contributed by atoms with Crippen LogP contribution in [0.25, 0.3) is 0 Å². The number of aliphatic imine (C=N–C) groups is 1. The molecule has 3 rings (SSSR count). The number of para-hydroxylation sites is 2. The van der Waals surface area contributed by atoms with Gasteiger partial charge in [-0.2, -0.15) is 0 Å². The molecular weight excluding hydrogens is 442 g/mol. The predicted octanol–water partition coefficient (Wildman–Crippen LogP) is 4.44. The van der Waals surface area contributed by atoms with Gasteiger partial charge in [0.05, 0.1) is 18.5 Å². The number of amides is 2. The molecule has 1 fully saturated rings. The maximum Gasteiger partial charge on any atom is 0.238 e. The molecular formula is C20H20BrN3O3S. The van der Waals surface area contributed by atoms with Gasteiger partial charge in [-0.25, -0.2) is 4.99 Å². The zero-order valence-electron chi connectivity index (χ0n) is 15.5. The number of nitrogens with one attached hydrogen (secondary N) is 1. The number of anilines is 1. The van der Waals surface area contributed by atoms with E-state index in [0.29, 0.717) is 23.1 Å². The summed E-state index contributed by atoms with van der Waals surface area (Å²) in [6.07, 6.45) is 0.124. The lowest BCUT2D eigenvalue weighted by Gasteiger charge is -2.31. The van der Waals surface area contributed by atoms with E-state index < -0.39 is 5.25 Å². The van der Waals surface area contributed by atoms with Crippen molar-refractivity contribution in [2.45, 2.75) is 18.6 Å². The summed E-state index contributed by atoms with van der Waals surface area (Å²) in [7, 11) is 1.55. The minimum absolute atomic E-state index is 0.114. The van der Waals surface area contributed by atoms with Crippen LogP contribution in [0.1, 0.15) is 13.3 Å². The molecule has 0 aliphatic carbocycles. The van der Waals surface area contributed by atoms with Crippen LogP contribution in [0.2, 0.25) is 0 Å². The van der Waals surface area contributed by atoms with Crippen molar-refractivity contribution in [2.75, 3.05) is 19.0 Å². The van der Waals surface area contributed by atoms with Gasteiger partial charge in [0.1, 0.15) is 11.0 Å². The average molecular weight is 462 g/mol. The molecule has 0 saturated carbocycles. The highest BCUT2D eigenvalue weighted by atomic mass is 79.9. The van der Waals surface area contributed by atoms with Crippen LogP contribution in [0.15, 0.2) is 58.0 Å². The van der Waals surface area contributed by atoms with Crippen LogP contribution in [0.5, 0.6) is 5.75 Å². The molecule has 1 heterocycles. The second-order valence-electron chi connectivity index (χ2n) is 6.01. The Hall–Kier alpha value is -2.32. The fourth-order valence-corrected chi connectivity index (χ4v) is 4.17. The molecule has 8 heteroatoms. The first-order chi connectivity index (χ1) is 13.5. The van der Waals surface area contributed by atoms with E-state index >= 15 is 0 Å². The van der Waals surface area contributed by atoms with Gasteiger partial charge in [-0.05, 0) is 43.3 Å². The number of hydrogen-bond acceptors (Lipinski definition) is 5. The van der Waals surface area contributed by atoms with Crippen molar-refractivity contribution in [3.05, 3.63) is 53.0 Å². The number of methoxy groups -OCH3 is 1. The monoisotopic (exact) mass is 461 g/mol. The molecule has 0 aromatic heterocycles. The molecule has 0 radical (unpaired) electrons. The smallest absolute Gasteiger partial charge is 0.238 e. The van der Waals surface area contributed by atoms with Gasteiger partial charge in [-0.3, -0.25) is 14.5 Å². The zero-order chi connectivity index (χ0) is 20.1. The summed E-state index contributed by atoms with van der Waals surface area (Å²) in [5.41, 5.74) is 1.30. The third-order valence-corrected chi connectivity index (χ3v) is 5.88. The summed E-state index contributed by atoms with van der Waals surface area (Å²) in [6, 6.07) is 14.7. The number of nitrogens with zero attached hydrogens (tertiary/aromatic N) is 2. The van der Waals surface area contributed by atoms with Crippen LogP contribution in [-0.2, 0) is 9.59 Å². The Morgan fingerprint density at radius 2 is 2.00 bits per heavy atom. The van der Waals surface area contributed by atoms with E-state index in [1.165, 1.54) is 11.8 Å². The summed E-state index contributed by atoms with van der Waals surface area (Å²) in [5, 5.41) is 2.83. The summed E-state index contributed by atoms with van der Waals surface area (Å²) < 4.78 is 6.22. The Labute approximate surface area is 176 Å². The predicted molar refractivity (Wildman–Crippen MR) is 116 cm³/mol. The van der Waals surface area contributed by atoms with Crippen molar-refractivity contribution in [3.63, 3.8) is 0 Å². The van der Waals surface area contributed by atoms with Crippen molar-refractivity contribution in [1.82, 2.24) is 4.90 Å². The first-order valence-corrected chi connectivity index (χ1v) is 10.4. The van der Waals surface area contributed by atoms with Crippen molar-refractivity contribution in [2.24, 2.45) is 4.99 Å². The quantitative estimate of drug-likeness (QED) is 0.714. The molecule has 1 aliphatic rings. The Balaban J connectivity index is 1.81. The van der Waals surface area contributed by atoms with Gasteiger partial charge in [-0.15, -0.1) is 0 Å². The van der Waals surface area contributed by atoms with Crippen LogP contribution >= 0.6 is 27.7 Å². The maximum atomic E-state index is 12.8. The number of thioether (sulfide) groups is 1. The number of carbonyl (C=O) groups excluding carboxylic acids is 2. The van der Waals surface area contributed by atoms with E-state index in [-0.39, 0.29) is 18.2 Å². The third kappa shape index (κ3) is 4.74. The minimum atomic E-state index is -0.561. The van der Waals surface area contributed by atoms with E-state index in [0.717, 1.165) is 10.2 Å². The molecule has 0 unspecified atom stereocenters. The SMILES string of the molecule is CCN1C(=O)C[C@@H](C(=O)Nc2ccccc2OC)SC1=Nc1ccc(Br)cc1. The van der Waals surface area contributed by atoms with E-state index in [1.54, 1.807) is 24.1 Å². The summed E-state index contributed by atoms with van der Waals surface area (Å²) >= 11 is 4.69. The fourth-order valence-electron chi connectivity index (χ4n) is 2.74. The number of carbonyl (C=O) groups is 2. The van der Waals surface area contributed by atoms with Gasteiger partial charge in [0.15, 0.2) is 5.17 Å². The lowest BCUT2D eigenvalue weighted by atomic mass is 10.2. The van der Waals surface area contributed by atoms with Crippen molar-refractivity contribution < 1.29 is 14.3 Å². The zero-order valence-corrected chi connectivity index (χ0v) is 17.9. The minimum Gasteiger partial charge on any atom is -0.495 e. The summed E-state index contributed by atoms with van der Waals surface area (Å²) in [6.45, 7) is 2.40. The molecule has 1 aliphatic heterocycles. The standard InChI is InChI=1S/C20H20BrN3O3S/c1-3-24-18(25)12-17(19(26)23-15-6-4-5-7-16(15)27-2)28-20(24)22-14-10-8-13(21)9-11-14/h4-11,17H,3,12H2,1-2H3,(H,23,26)/t17-/m0/s1. The number of halogens is 1. The van der Waals surface area contributed by atoms with Crippen LogP contribution in [-0.4, -0.2) is 40.8 Å². The van der Waals surface area contributed by atoms with Crippen LogP contribution in [0.3, 0.4) is 0 Å². The average Bonchev–Trinajstić information content (AvgIpc) is 2.70. The van der Waals surface area contributed by atoms with Gasteiger partial charge < -0.3 is 10.1 Å². The van der Waals surface area contributed by atoms with Gasteiger partial charge in [-0.1, -0.05) is 39.8 Å². The summed E-state index contributed by atoms with van der Waals surface area (Å²) in [4.78, 5) is 31.6. The van der Waals surface area contributed by atoms with Crippen LogP contribution < -0.4 is 10.1 Å². The maximum absolute atomic E-state index is 12.8. The number of benzene rings is 2. The highest BCUT2D eigenvalue weighted by Gasteiger charge is 2.35. The Bertz CT molecular complexity index is 902. The molecule has 28 heavy (non-hydrogen) atoms. The van der Waals surface area contributed by atoms with Crippen LogP contribution in [0.4, 0.5) is 11.4 Å². The topological polar surface area (TPSA) is 71.0 Å². The van der Waals surface area contributed by atoms with E-state index in [4.69, 9.17) is 4.74 Å². The molecule has 1 saturated heterocycles. The van der Waals surface area contributed by atoms with Crippen molar-refractivity contribution in [3.8, 4) is 5.75 Å². The van der Waals surface area contributed by atoms with Crippen LogP contribution in [0, 0.1) is 0 Å². The second-order valence-corrected chi connectivity index (χ2v) is 8.09. The largest absolute Gasteiger partial charge is 0.495 e. The van der Waals surface area contributed by atoms with Crippen molar-refractivity contribution in [1.29, 1.82) is 0 Å². The molecule has 2 aromatic rings. The number of rotatable bonds is 5. The molecule has 1 N–H and O–H groups in total. The highest BCUT2D eigenvalue weighted by Crippen LogP contribution is 2.31. The number of hydrogen-bond donors (Lipinski definition) is 1.